The van der Waals surface area contributed by atoms with Gasteiger partial charge in [-0.15, -0.1) is 0 Å². The Morgan fingerprint density at radius 3 is 2.80 bits per heavy atom. The van der Waals surface area contributed by atoms with Crippen molar-refractivity contribution in [3.63, 3.8) is 0 Å². The first-order valence-electron chi connectivity index (χ1n) is 6.16. The lowest BCUT2D eigenvalue weighted by Crippen LogP contribution is -2.20. The molecule has 1 aromatic heterocycles. The summed E-state index contributed by atoms with van der Waals surface area (Å²) in [7, 11) is 0. The number of hydrogen-bond acceptors (Lipinski definition) is 2. The number of nitrogens with one attached hydrogen (secondary N) is 1. The SMILES string of the molecule is Cc1nc2ccccc2n1C(=O)Nc1cccc(Cl)c1. The van der Waals surface area contributed by atoms with Gasteiger partial charge in [0.05, 0.1) is 11.0 Å². The van der Waals surface area contributed by atoms with Crippen LogP contribution in [-0.4, -0.2) is 15.6 Å². The number of carbonyl (C=O) groups excluding carboxylic acids is 1. The summed E-state index contributed by atoms with van der Waals surface area (Å²) in [6.45, 7) is 1.80. The van der Waals surface area contributed by atoms with Crippen molar-refractivity contribution < 1.29 is 4.79 Å². The van der Waals surface area contributed by atoms with Crippen LogP contribution < -0.4 is 5.32 Å². The van der Waals surface area contributed by atoms with Gasteiger partial charge < -0.3 is 5.32 Å². The lowest BCUT2D eigenvalue weighted by atomic mass is 10.3. The van der Waals surface area contributed by atoms with E-state index in [-0.39, 0.29) is 6.03 Å². The molecule has 0 spiro atoms. The zero-order valence-electron chi connectivity index (χ0n) is 10.8. The molecule has 0 bridgehead atoms. The van der Waals surface area contributed by atoms with E-state index in [0.29, 0.717) is 16.5 Å². The summed E-state index contributed by atoms with van der Waals surface area (Å²) in [5.74, 6) is 0.644. The van der Waals surface area contributed by atoms with Crippen LogP contribution >= 0.6 is 11.6 Å². The minimum absolute atomic E-state index is 0.251. The summed E-state index contributed by atoms with van der Waals surface area (Å²) in [6, 6.07) is 14.3. The summed E-state index contributed by atoms with van der Waals surface area (Å²) < 4.78 is 1.55. The molecule has 0 unspecified atom stereocenters. The third kappa shape index (κ3) is 2.26. The van der Waals surface area contributed by atoms with E-state index in [1.807, 2.05) is 24.3 Å². The molecule has 0 aliphatic carbocycles. The van der Waals surface area contributed by atoms with Crippen LogP contribution in [0.5, 0.6) is 0 Å². The van der Waals surface area contributed by atoms with E-state index < -0.39 is 0 Å². The van der Waals surface area contributed by atoms with Gasteiger partial charge in [0.15, 0.2) is 0 Å². The van der Waals surface area contributed by atoms with Crippen LogP contribution in [0.1, 0.15) is 5.82 Å². The van der Waals surface area contributed by atoms with Gasteiger partial charge in [-0.05, 0) is 37.3 Å². The van der Waals surface area contributed by atoms with E-state index >= 15 is 0 Å². The normalized spacial score (nSPS) is 10.7. The smallest absolute Gasteiger partial charge is 0.307 e. The van der Waals surface area contributed by atoms with Crippen molar-refractivity contribution in [3.05, 3.63) is 59.4 Å². The van der Waals surface area contributed by atoms with Crippen LogP contribution in [0, 0.1) is 6.92 Å². The maximum atomic E-state index is 12.4. The second kappa shape index (κ2) is 4.98. The number of nitrogens with zero attached hydrogens (tertiary/aromatic N) is 2. The number of para-hydroxylation sites is 2. The number of amides is 1. The van der Waals surface area contributed by atoms with E-state index in [1.165, 1.54) is 0 Å². The third-order valence-electron chi connectivity index (χ3n) is 3.01. The highest BCUT2D eigenvalue weighted by Crippen LogP contribution is 2.18. The Hall–Kier alpha value is -2.33. The molecule has 0 saturated heterocycles. The molecular formula is C15H12ClN3O. The molecule has 4 nitrogen and oxygen atoms in total. The van der Waals surface area contributed by atoms with Gasteiger partial charge in [0, 0.05) is 10.7 Å². The molecule has 0 atom stereocenters. The van der Waals surface area contributed by atoms with Crippen LogP contribution in [0.15, 0.2) is 48.5 Å². The predicted octanol–water partition coefficient (Wildman–Crippen LogP) is 4.08. The fourth-order valence-electron chi connectivity index (χ4n) is 2.15. The van der Waals surface area contributed by atoms with Gasteiger partial charge >= 0.3 is 6.03 Å². The number of fused-ring (bicyclic) bond motifs is 1. The molecule has 100 valence electrons. The Balaban J connectivity index is 1.99. The van der Waals surface area contributed by atoms with Crippen molar-refractivity contribution in [3.8, 4) is 0 Å². The summed E-state index contributed by atoms with van der Waals surface area (Å²) in [4.78, 5) is 16.8. The molecule has 1 N–H and O–H groups in total. The molecule has 0 fully saturated rings. The second-order valence-corrected chi connectivity index (χ2v) is 4.86. The fourth-order valence-corrected chi connectivity index (χ4v) is 2.34. The highest BCUT2D eigenvalue weighted by molar-refractivity contribution is 6.30. The number of carbonyl (C=O) groups is 1. The van der Waals surface area contributed by atoms with Gasteiger partial charge in [-0.3, -0.25) is 0 Å². The molecule has 1 amide bonds. The largest absolute Gasteiger partial charge is 0.331 e. The van der Waals surface area contributed by atoms with Crippen molar-refractivity contribution in [2.45, 2.75) is 6.92 Å². The summed E-state index contributed by atoms with van der Waals surface area (Å²) in [6.07, 6.45) is 0. The summed E-state index contributed by atoms with van der Waals surface area (Å²) in [5.41, 5.74) is 2.23. The molecule has 3 rings (SSSR count). The molecule has 0 aliphatic heterocycles. The van der Waals surface area contributed by atoms with E-state index in [4.69, 9.17) is 11.6 Å². The van der Waals surface area contributed by atoms with E-state index in [9.17, 15) is 4.79 Å². The van der Waals surface area contributed by atoms with Crippen molar-refractivity contribution in [2.24, 2.45) is 0 Å². The standard InChI is InChI=1S/C15H12ClN3O/c1-10-17-13-7-2-3-8-14(13)19(10)15(20)18-12-6-4-5-11(16)9-12/h2-9H,1H3,(H,18,20). The molecular weight excluding hydrogens is 274 g/mol. The molecule has 0 radical (unpaired) electrons. The summed E-state index contributed by atoms with van der Waals surface area (Å²) in [5, 5.41) is 3.40. The number of aryl methyl sites for hydroxylation is 1. The molecule has 3 aromatic rings. The number of imidazole rings is 1. The first kappa shape index (κ1) is 12.7. The first-order valence-corrected chi connectivity index (χ1v) is 6.54. The molecule has 0 aliphatic rings. The maximum absolute atomic E-state index is 12.4. The Labute approximate surface area is 121 Å². The maximum Gasteiger partial charge on any atom is 0.331 e. The highest BCUT2D eigenvalue weighted by atomic mass is 35.5. The number of halogens is 1. The molecule has 20 heavy (non-hydrogen) atoms. The van der Waals surface area contributed by atoms with Crippen molar-refractivity contribution in [2.75, 3.05) is 5.32 Å². The monoisotopic (exact) mass is 285 g/mol. The number of aromatic nitrogens is 2. The molecule has 2 aromatic carbocycles. The Morgan fingerprint density at radius 1 is 1.20 bits per heavy atom. The van der Waals surface area contributed by atoms with Crippen LogP contribution in [0.3, 0.4) is 0 Å². The van der Waals surface area contributed by atoms with Gasteiger partial charge in [0.1, 0.15) is 5.82 Å². The lowest BCUT2D eigenvalue weighted by molar-refractivity contribution is 0.254. The van der Waals surface area contributed by atoms with E-state index in [1.54, 1.807) is 35.8 Å². The quantitative estimate of drug-likeness (QED) is 0.732. The molecule has 5 heteroatoms. The highest BCUT2D eigenvalue weighted by Gasteiger charge is 2.13. The first-order chi connectivity index (χ1) is 9.65. The van der Waals surface area contributed by atoms with Gasteiger partial charge in [-0.1, -0.05) is 29.8 Å². The summed E-state index contributed by atoms with van der Waals surface area (Å²) >= 11 is 5.91. The minimum atomic E-state index is -0.251. The Bertz CT molecular complexity index is 795. The number of benzene rings is 2. The van der Waals surface area contributed by atoms with Gasteiger partial charge in [-0.25, -0.2) is 14.3 Å². The van der Waals surface area contributed by atoms with Crippen molar-refractivity contribution >= 4 is 34.4 Å². The van der Waals surface area contributed by atoms with Crippen molar-refractivity contribution in [1.29, 1.82) is 0 Å². The lowest BCUT2D eigenvalue weighted by Gasteiger charge is -2.08. The minimum Gasteiger partial charge on any atom is -0.307 e. The predicted molar refractivity (Wildman–Crippen MR) is 80.3 cm³/mol. The van der Waals surface area contributed by atoms with Gasteiger partial charge in [0.2, 0.25) is 0 Å². The van der Waals surface area contributed by atoms with Crippen LogP contribution in [0.4, 0.5) is 10.5 Å². The van der Waals surface area contributed by atoms with Crippen molar-refractivity contribution in [1.82, 2.24) is 9.55 Å². The van der Waals surface area contributed by atoms with Gasteiger partial charge in [0.25, 0.3) is 0 Å². The second-order valence-electron chi connectivity index (χ2n) is 4.42. The number of hydrogen-bond donors (Lipinski definition) is 1. The van der Waals surface area contributed by atoms with Gasteiger partial charge in [-0.2, -0.15) is 0 Å². The fraction of sp³-hybridized carbons (Fsp3) is 0.0667. The zero-order valence-corrected chi connectivity index (χ0v) is 11.6. The topological polar surface area (TPSA) is 46.9 Å². The Kier molecular flexibility index (Phi) is 3.16. The third-order valence-corrected chi connectivity index (χ3v) is 3.24. The average Bonchev–Trinajstić information content (AvgIpc) is 2.74. The van der Waals surface area contributed by atoms with E-state index in [2.05, 4.69) is 10.3 Å². The molecule has 0 saturated carbocycles. The van der Waals surface area contributed by atoms with E-state index in [0.717, 1.165) is 11.0 Å². The average molecular weight is 286 g/mol. The number of anilines is 1. The molecule has 1 heterocycles. The zero-order chi connectivity index (χ0) is 14.1. The Morgan fingerprint density at radius 2 is 2.00 bits per heavy atom. The number of rotatable bonds is 1. The van der Waals surface area contributed by atoms with Crippen LogP contribution in [0.2, 0.25) is 5.02 Å². The van der Waals surface area contributed by atoms with Crippen LogP contribution in [0.25, 0.3) is 11.0 Å². The van der Waals surface area contributed by atoms with Crippen LogP contribution in [-0.2, 0) is 0 Å².